The maximum atomic E-state index is 13.7. The fourth-order valence-corrected chi connectivity index (χ4v) is 5.81. The molecule has 216 valence electrons. The van der Waals surface area contributed by atoms with Crippen LogP contribution in [0, 0.1) is 5.82 Å². The topological polar surface area (TPSA) is 77.1 Å². The number of anilines is 1. The molecule has 7 nitrogen and oxygen atoms in total. The summed E-state index contributed by atoms with van der Waals surface area (Å²) in [6.45, 7) is 2.12. The molecule has 5 aromatic rings. The van der Waals surface area contributed by atoms with Crippen LogP contribution in [0.15, 0.2) is 83.7 Å². The maximum absolute atomic E-state index is 13.7. The molecule has 1 aromatic heterocycles. The first-order valence-electron chi connectivity index (χ1n) is 13.4. The van der Waals surface area contributed by atoms with E-state index >= 15 is 0 Å². The van der Waals surface area contributed by atoms with Crippen molar-refractivity contribution < 1.29 is 23.4 Å². The molecule has 0 unspecified atom stereocenters. The van der Waals surface area contributed by atoms with Gasteiger partial charge in [0.1, 0.15) is 18.2 Å². The maximum Gasteiger partial charge on any atom is 0.257 e. The Morgan fingerprint density at radius 1 is 0.905 bits per heavy atom. The van der Waals surface area contributed by atoms with Gasteiger partial charge in [0.2, 0.25) is 0 Å². The third kappa shape index (κ3) is 6.53. The molecule has 0 aliphatic heterocycles. The minimum Gasteiger partial charge on any atom is -0.493 e. The highest BCUT2D eigenvalue weighted by Gasteiger charge is 2.15. The lowest BCUT2D eigenvalue weighted by atomic mass is 10.1. The van der Waals surface area contributed by atoms with E-state index in [-0.39, 0.29) is 11.3 Å². The quantitative estimate of drug-likeness (QED) is 0.181. The highest BCUT2D eigenvalue weighted by molar-refractivity contribution is 7.24. The molecule has 1 heterocycles. The number of carbonyl (C=O) groups excluding carboxylic acids is 1. The van der Waals surface area contributed by atoms with E-state index < -0.39 is 5.82 Å². The van der Waals surface area contributed by atoms with E-state index in [1.165, 1.54) is 29.0 Å². The SMILES string of the molecule is COc1ccc(CCN(C)CCOc2ccc(NC(=O)c3cccc4c(=O)c5cc(F)ccc5sc34)cc2)cc1OC. The number of fused-ring (bicyclic) bond motifs is 2. The normalized spacial score (nSPS) is 11.2. The largest absolute Gasteiger partial charge is 0.493 e. The standard InChI is InChI=1S/C33H31FN2O5S/c1-36(16-15-21-7-13-28(39-2)29(19-21)40-3)17-18-41-24-11-9-23(10-12-24)35-33(38)26-6-4-5-25-31(37)27-20-22(34)8-14-30(27)42-32(25)26/h4-14,19-20H,15-18H2,1-3H3,(H,35,38). The molecule has 0 saturated heterocycles. The van der Waals surface area contributed by atoms with E-state index in [4.69, 9.17) is 14.2 Å². The van der Waals surface area contributed by atoms with Gasteiger partial charge in [0.15, 0.2) is 16.9 Å². The fraction of sp³-hybridized carbons (Fsp3) is 0.212. The Bertz CT molecular complexity index is 1790. The van der Waals surface area contributed by atoms with Crippen LogP contribution in [0.4, 0.5) is 10.1 Å². The number of amides is 1. The van der Waals surface area contributed by atoms with Crippen molar-refractivity contribution in [3.63, 3.8) is 0 Å². The van der Waals surface area contributed by atoms with Crippen molar-refractivity contribution in [3.8, 4) is 17.2 Å². The van der Waals surface area contributed by atoms with Crippen LogP contribution in [0.3, 0.4) is 0 Å². The summed E-state index contributed by atoms with van der Waals surface area (Å²) in [5, 5.41) is 3.60. The van der Waals surface area contributed by atoms with Crippen molar-refractivity contribution in [2.75, 3.05) is 46.3 Å². The summed E-state index contributed by atoms with van der Waals surface area (Å²) in [5.41, 5.74) is 1.87. The van der Waals surface area contributed by atoms with Crippen LogP contribution in [0.1, 0.15) is 15.9 Å². The van der Waals surface area contributed by atoms with Crippen molar-refractivity contribution in [1.29, 1.82) is 0 Å². The zero-order chi connectivity index (χ0) is 29.6. The van der Waals surface area contributed by atoms with Gasteiger partial charge in [-0.05, 0) is 85.8 Å². The van der Waals surface area contributed by atoms with Gasteiger partial charge < -0.3 is 24.4 Å². The highest BCUT2D eigenvalue weighted by Crippen LogP contribution is 2.29. The van der Waals surface area contributed by atoms with Gasteiger partial charge in [-0.2, -0.15) is 0 Å². The predicted octanol–water partition coefficient (Wildman–Crippen LogP) is 6.38. The minimum atomic E-state index is -0.467. The van der Waals surface area contributed by atoms with Gasteiger partial charge in [0.25, 0.3) is 5.91 Å². The molecule has 1 amide bonds. The van der Waals surface area contributed by atoms with Crippen LogP contribution in [-0.2, 0) is 6.42 Å². The molecular formula is C33H31FN2O5S. The van der Waals surface area contributed by atoms with E-state index in [2.05, 4.69) is 10.2 Å². The number of halogens is 1. The highest BCUT2D eigenvalue weighted by atomic mass is 32.1. The van der Waals surface area contributed by atoms with E-state index in [1.807, 2.05) is 37.4 Å². The van der Waals surface area contributed by atoms with Crippen LogP contribution in [0.2, 0.25) is 0 Å². The second-order valence-corrected chi connectivity index (χ2v) is 10.9. The molecular weight excluding hydrogens is 555 g/mol. The van der Waals surface area contributed by atoms with E-state index in [0.29, 0.717) is 49.5 Å². The van der Waals surface area contributed by atoms with Gasteiger partial charge in [0.05, 0.1) is 24.5 Å². The van der Waals surface area contributed by atoms with Gasteiger partial charge in [-0.15, -0.1) is 11.3 Å². The van der Waals surface area contributed by atoms with Gasteiger partial charge in [-0.3, -0.25) is 9.59 Å². The summed E-state index contributed by atoms with van der Waals surface area (Å²) in [5.74, 6) is 1.34. The van der Waals surface area contributed by atoms with Crippen LogP contribution in [-0.4, -0.2) is 51.8 Å². The molecule has 0 saturated carbocycles. The smallest absolute Gasteiger partial charge is 0.257 e. The second kappa shape index (κ2) is 13.0. The number of hydrogen-bond acceptors (Lipinski definition) is 7. The zero-order valence-electron chi connectivity index (χ0n) is 23.6. The summed E-state index contributed by atoms with van der Waals surface area (Å²) < 4.78 is 31.5. The number of nitrogens with zero attached hydrogens (tertiary/aromatic N) is 1. The van der Waals surface area contributed by atoms with Crippen molar-refractivity contribution in [2.45, 2.75) is 6.42 Å². The first-order valence-corrected chi connectivity index (χ1v) is 14.3. The third-order valence-electron chi connectivity index (χ3n) is 6.99. The molecule has 9 heteroatoms. The van der Waals surface area contributed by atoms with E-state index in [9.17, 15) is 14.0 Å². The minimum absolute atomic E-state index is 0.291. The number of ether oxygens (including phenoxy) is 3. The summed E-state index contributed by atoms with van der Waals surface area (Å²) in [6, 6.07) is 22.3. The average molecular weight is 587 g/mol. The monoisotopic (exact) mass is 586 g/mol. The lowest BCUT2D eigenvalue weighted by Crippen LogP contribution is -2.26. The Morgan fingerprint density at radius 2 is 1.69 bits per heavy atom. The van der Waals surface area contributed by atoms with Crippen LogP contribution >= 0.6 is 11.3 Å². The van der Waals surface area contributed by atoms with E-state index in [1.54, 1.807) is 50.6 Å². The van der Waals surface area contributed by atoms with Crippen molar-refractivity contribution in [3.05, 3.63) is 106 Å². The van der Waals surface area contributed by atoms with Crippen LogP contribution < -0.4 is 25.0 Å². The Morgan fingerprint density at radius 3 is 2.45 bits per heavy atom. The lowest BCUT2D eigenvalue weighted by Gasteiger charge is -2.17. The molecule has 0 bridgehead atoms. The summed E-state index contributed by atoms with van der Waals surface area (Å²) in [7, 11) is 5.31. The van der Waals surface area contributed by atoms with Crippen LogP contribution in [0.25, 0.3) is 20.2 Å². The summed E-state index contributed by atoms with van der Waals surface area (Å²) >= 11 is 1.30. The number of methoxy groups -OCH3 is 2. The summed E-state index contributed by atoms with van der Waals surface area (Å²) in [4.78, 5) is 28.3. The van der Waals surface area contributed by atoms with E-state index in [0.717, 1.165) is 25.3 Å². The first-order chi connectivity index (χ1) is 20.4. The molecule has 4 aromatic carbocycles. The Balaban J connectivity index is 1.16. The molecule has 0 atom stereocenters. The Kier molecular flexibility index (Phi) is 9.00. The molecule has 0 radical (unpaired) electrons. The van der Waals surface area contributed by atoms with Gasteiger partial charge in [0, 0.05) is 34.2 Å². The average Bonchev–Trinajstić information content (AvgIpc) is 3.01. The number of nitrogens with one attached hydrogen (secondary N) is 1. The molecule has 0 fully saturated rings. The number of carbonyl (C=O) groups is 1. The molecule has 0 aliphatic rings. The number of hydrogen-bond donors (Lipinski definition) is 1. The number of likely N-dealkylation sites (N-methyl/N-ethyl adjacent to an activating group) is 1. The second-order valence-electron chi connectivity index (χ2n) is 9.82. The van der Waals surface area contributed by atoms with Crippen molar-refractivity contribution in [1.82, 2.24) is 4.90 Å². The van der Waals surface area contributed by atoms with Crippen LogP contribution in [0.5, 0.6) is 17.2 Å². The summed E-state index contributed by atoms with van der Waals surface area (Å²) in [6.07, 6.45) is 0.869. The molecule has 0 spiro atoms. The first kappa shape index (κ1) is 29.0. The third-order valence-corrected chi connectivity index (χ3v) is 8.21. The zero-order valence-corrected chi connectivity index (χ0v) is 24.4. The fourth-order valence-electron chi connectivity index (χ4n) is 4.65. The Hall–Kier alpha value is -4.47. The van der Waals surface area contributed by atoms with Gasteiger partial charge in [-0.1, -0.05) is 12.1 Å². The lowest BCUT2D eigenvalue weighted by molar-refractivity contribution is 0.102. The number of benzene rings is 4. The number of rotatable bonds is 11. The predicted molar refractivity (Wildman–Crippen MR) is 166 cm³/mol. The molecule has 42 heavy (non-hydrogen) atoms. The molecule has 1 N–H and O–H groups in total. The van der Waals surface area contributed by atoms with Gasteiger partial charge in [-0.25, -0.2) is 4.39 Å². The van der Waals surface area contributed by atoms with Crippen molar-refractivity contribution >= 4 is 43.1 Å². The Labute approximate surface area is 247 Å². The van der Waals surface area contributed by atoms with Crippen molar-refractivity contribution in [2.24, 2.45) is 0 Å². The van der Waals surface area contributed by atoms with Gasteiger partial charge >= 0.3 is 0 Å². The molecule has 0 aliphatic carbocycles. The molecule has 5 rings (SSSR count).